The molecule has 63 heavy (non-hydrogen) atoms. The highest BCUT2D eigenvalue weighted by atomic mass is 16.2. The van der Waals surface area contributed by atoms with E-state index in [0.717, 1.165) is 28.5 Å². The van der Waals surface area contributed by atoms with Gasteiger partial charge in [-0.25, -0.2) is 4.98 Å². The summed E-state index contributed by atoms with van der Waals surface area (Å²) in [4.78, 5) is 108. The van der Waals surface area contributed by atoms with Crippen LogP contribution in [0.5, 0.6) is 0 Å². The van der Waals surface area contributed by atoms with Gasteiger partial charge in [0.1, 0.15) is 12.1 Å². The van der Waals surface area contributed by atoms with E-state index in [1.165, 1.54) is 26.4 Å². The number of guanidine groups is 1. The highest BCUT2D eigenvalue weighted by Crippen LogP contribution is 2.23. The van der Waals surface area contributed by atoms with Gasteiger partial charge in [-0.3, -0.25) is 38.6 Å². The summed E-state index contributed by atoms with van der Waals surface area (Å²) >= 11 is 0. The molecule has 2 aromatic heterocycles. The fourth-order valence-electron chi connectivity index (χ4n) is 7.32. The van der Waals surface area contributed by atoms with Crippen LogP contribution in [0.3, 0.4) is 0 Å². The first-order valence-corrected chi connectivity index (χ1v) is 21.3. The number of imidazole rings is 1. The van der Waals surface area contributed by atoms with E-state index >= 15 is 0 Å². The Balaban J connectivity index is 1.54. The van der Waals surface area contributed by atoms with Crippen LogP contribution in [0.1, 0.15) is 82.5 Å². The first-order valence-electron chi connectivity index (χ1n) is 21.3. The molecule has 0 aliphatic heterocycles. The Morgan fingerprint density at radius 3 is 2.06 bits per heavy atom. The highest BCUT2D eigenvalue weighted by Gasteiger charge is 2.33. The molecule has 6 atom stereocenters. The van der Waals surface area contributed by atoms with Crippen LogP contribution < -0.4 is 38.5 Å². The summed E-state index contributed by atoms with van der Waals surface area (Å²) in [5, 5.41) is 11.9. The number of aromatic nitrogens is 3. The lowest BCUT2D eigenvalue weighted by atomic mass is 9.89. The molecule has 0 aliphatic rings. The summed E-state index contributed by atoms with van der Waals surface area (Å²) in [5.74, 6) is -5.75. The van der Waals surface area contributed by atoms with Crippen molar-refractivity contribution >= 4 is 58.0 Å². The number of hydrogen-bond acceptors (Lipinski definition) is 9. The van der Waals surface area contributed by atoms with Crippen molar-refractivity contribution in [3.8, 4) is 0 Å². The summed E-state index contributed by atoms with van der Waals surface area (Å²) < 4.78 is 0. The highest BCUT2D eigenvalue weighted by molar-refractivity contribution is 5.97. The second-order valence-corrected chi connectivity index (χ2v) is 15.9. The number of hydrogen-bond donors (Lipinski definition) is 9. The summed E-state index contributed by atoms with van der Waals surface area (Å²) in [5.41, 5.74) is 19.8. The molecule has 4 aromatic rings. The second kappa shape index (κ2) is 24.6. The molecule has 338 valence electrons. The SMILES string of the molecule is CCCC[C@H](NC(C)=O)C(=O)N[C@@H](Cc1cnc[nH]1)C(=O)N[C@H](Cc1ccccc1)C(=O)C[C@@H](CCCN=C(N)N)C(=O)N[C@@H](C)C(=O)C[C@@H](Cc1c[nH]c2ccccc12)C(N)=O. The molecule has 0 unspecified atom stereocenters. The lowest BCUT2D eigenvalue weighted by Crippen LogP contribution is -2.56. The van der Waals surface area contributed by atoms with E-state index in [1.54, 1.807) is 30.5 Å². The number of ketones is 2. The number of carbonyl (C=O) groups excluding carboxylic acids is 7. The number of amides is 5. The van der Waals surface area contributed by atoms with E-state index in [1.807, 2.05) is 37.3 Å². The van der Waals surface area contributed by atoms with Gasteiger partial charge < -0.3 is 48.4 Å². The van der Waals surface area contributed by atoms with Gasteiger partial charge in [-0.2, -0.15) is 0 Å². The van der Waals surface area contributed by atoms with E-state index in [0.29, 0.717) is 25.0 Å². The van der Waals surface area contributed by atoms with Crippen molar-refractivity contribution in [2.75, 3.05) is 6.54 Å². The van der Waals surface area contributed by atoms with Gasteiger partial charge in [-0.15, -0.1) is 0 Å². The van der Waals surface area contributed by atoms with Gasteiger partial charge in [0.05, 0.1) is 18.4 Å². The number of para-hydroxylation sites is 1. The van der Waals surface area contributed by atoms with Crippen LogP contribution in [0.15, 0.2) is 78.3 Å². The van der Waals surface area contributed by atoms with Crippen molar-refractivity contribution in [2.24, 2.45) is 34.0 Å². The molecule has 12 N–H and O–H groups in total. The Labute approximate surface area is 366 Å². The number of primary amides is 1. The van der Waals surface area contributed by atoms with Gasteiger partial charge in [-0.1, -0.05) is 68.3 Å². The van der Waals surface area contributed by atoms with Gasteiger partial charge in [0, 0.05) is 73.6 Å². The lowest BCUT2D eigenvalue weighted by molar-refractivity contribution is -0.135. The first kappa shape index (κ1) is 48.8. The average molecular weight is 868 g/mol. The standard InChI is InChI=1S/C45H61N11O7/c1-4-5-16-36(54-28(3)57)43(62)56-38(23-33-25-49-26-52-33)44(63)55-37(19-29-12-7-6-8-13-29)40(59)21-30(14-11-18-50-45(47)48)42(61)53-27(2)39(58)22-31(41(46)60)20-32-24-51-35-17-10-9-15-34(32)35/h6-10,12-13,15,17,24-27,30-31,36-38,51H,4-5,11,14,16,18-23H2,1-3H3,(H2,46,60)(H,49,52)(H,53,61)(H,54,57)(H,55,63)(H,56,62)(H4,47,48,50)/t27-,30+,31+,36-,37+,38-/m0/s1. The van der Waals surface area contributed by atoms with Crippen LogP contribution in [0.4, 0.5) is 0 Å². The van der Waals surface area contributed by atoms with Crippen LogP contribution >= 0.6 is 0 Å². The zero-order valence-electron chi connectivity index (χ0n) is 36.2. The predicted molar refractivity (Wildman–Crippen MR) is 238 cm³/mol. The number of aromatic amines is 2. The number of unbranched alkanes of at least 4 members (excludes halogenated alkanes) is 1. The molecule has 0 spiro atoms. The number of nitrogens with two attached hydrogens (primary N) is 3. The summed E-state index contributed by atoms with van der Waals surface area (Å²) in [6.45, 7) is 4.93. The molecule has 0 radical (unpaired) electrons. The van der Waals surface area contributed by atoms with Crippen molar-refractivity contribution in [3.05, 3.63) is 90.1 Å². The molecule has 5 amide bonds. The average Bonchev–Trinajstić information content (AvgIpc) is 3.92. The van der Waals surface area contributed by atoms with Crippen molar-refractivity contribution in [1.29, 1.82) is 0 Å². The zero-order valence-corrected chi connectivity index (χ0v) is 36.2. The van der Waals surface area contributed by atoms with Crippen LogP contribution in [0, 0.1) is 11.8 Å². The van der Waals surface area contributed by atoms with Crippen LogP contribution in [0.2, 0.25) is 0 Å². The predicted octanol–water partition coefficient (Wildman–Crippen LogP) is 1.78. The molecule has 18 heteroatoms. The molecule has 0 fully saturated rings. The third-order valence-electron chi connectivity index (χ3n) is 10.8. The molecule has 0 bridgehead atoms. The Morgan fingerprint density at radius 1 is 0.714 bits per heavy atom. The number of carbonyl (C=O) groups is 7. The number of nitrogens with one attached hydrogen (secondary N) is 6. The molecule has 2 heterocycles. The van der Waals surface area contributed by atoms with Crippen molar-refractivity contribution in [1.82, 2.24) is 36.2 Å². The van der Waals surface area contributed by atoms with Gasteiger partial charge >= 0.3 is 0 Å². The topological polar surface area (TPSA) is 302 Å². The molecule has 2 aromatic carbocycles. The monoisotopic (exact) mass is 867 g/mol. The van der Waals surface area contributed by atoms with Gasteiger partial charge in [-0.05, 0) is 56.2 Å². The van der Waals surface area contributed by atoms with Crippen LogP contribution in [-0.4, -0.2) is 92.7 Å². The second-order valence-electron chi connectivity index (χ2n) is 15.9. The van der Waals surface area contributed by atoms with Gasteiger partial charge in [0.15, 0.2) is 17.5 Å². The molecule has 0 saturated carbocycles. The first-order chi connectivity index (χ1) is 30.1. The van der Waals surface area contributed by atoms with Crippen molar-refractivity contribution in [3.63, 3.8) is 0 Å². The lowest BCUT2D eigenvalue weighted by Gasteiger charge is -2.26. The Morgan fingerprint density at radius 2 is 1.40 bits per heavy atom. The third-order valence-corrected chi connectivity index (χ3v) is 10.8. The minimum absolute atomic E-state index is 0.00940. The van der Waals surface area contributed by atoms with Gasteiger partial charge in [0.2, 0.25) is 29.5 Å². The van der Waals surface area contributed by atoms with Crippen LogP contribution in [0.25, 0.3) is 10.9 Å². The van der Waals surface area contributed by atoms with Crippen molar-refractivity contribution in [2.45, 2.75) is 109 Å². The minimum Gasteiger partial charge on any atom is -0.370 e. The number of H-pyrrole nitrogens is 2. The number of fused-ring (bicyclic) bond motifs is 1. The molecule has 18 nitrogen and oxygen atoms in total. The van der Waals surface area contributed by atoms with E-state index in [-0.39, 0.29) is 51.0 Å². The van der Waals surface area contributed by atoms with E-state index < -0.39 is 77.1 Å². The van der Waals surface area contributed by atoms with Gasteiger partial charge in [0.25, 0.3) is 0 Å². The quantitative estimate of drug-likeness (QED) is 0.0238. The zero-order chi connectivity index (χ0) is 45.9. The smallest absolute Gasteiger partial charge is 0.243 e. The number of Topliss-reactive ketones (excluding diaryl/α,β-unsaturated/α-hetero) is 2. The normalized spacial score (nSPS) is 14.0. The fraction of sp³-hybridized carbons (Fsp3) is 0.444. The third kappa shape index (κ3) is 15.8. The summed E-state index contributed by atoms with van der Waals surface area (Å²) in [7, 11) is 0. The number of rotatable bonds is 27. The number of benzene rings is 2. The van der Waals surface area contributed by atoms with E-state index in [4.69, 9.17) is 17.2 Å². The number of aliphatic imine (C=N–C) groups is 1. The molecule has 4 rings (SSSR count). The largest absolute Gasteiger partial charge is 0.370 e. The molecular weight excluding hydrogens is 807 g/mol. The molecule has 0 aliphatic carbocycles. The maximum Gasteiger partial charge on any atom is 0.243 e. The summed E-state index contributed by atoms with van der Waals surface area (Å²) in [6.07, 6.45) is 6.65. The number of nitrogens with zero attached hydrogens (tertiary/aromatic N) is 2. The Bertz CT molecular complexity index is 2180. The Kier molecular flexibility index (Phi) is 19.0. The maximum absolute atomic E-state index is 14.4. The fourth-order valence-corrected chi connectivity index (χ4v) is 7.32. The van der Waals surface area contributed by atoms with Crippen LogP contribution in [-0.2, 0) is 52.8 Å². The van der Waals surface area contributed by atoms with Crippen molar-refractivity contribution < 1.29 is 33.6 Å². The van der Waals surface area contributed by atoms with E-state index in [2.05, 4.69) is 41.2 Å². The summed E-state index contributed by atoms with van der Waals surface area (Å²) in [6, 6.07) is 12.3. The minimum atomic E-state index is -1.19. The Hall–Kier alpha value is -6.85. The molecule has 0 saturated heterocycles. The molecular formula is C45H61N11O7. The maximum atomic E-state index is 14.4. The van der Waals surface area contributed by atoms with E-state index in [9.17, 15) is 33.6 Å².